The molecule has 1 saturated heterocycles. The molecule has 1 N–H and O–H groups in total. The van der Waals surface area contributed by atoms with Crippen molar-refractivity contribution >= 4 is 5.69 Å². The molecule has 0 radical (unpaired) electrons. The number of ether oxygens (including phenoxy) is 1. The fraction of sp³-hybridized carbons (Fsp3) is 0.625. The molecule has 0 bridgehead atoms. The molecule has 3 heteroatoms. The molecule has 0 saturated carbocycles. The van der Waals surface area contributed by atoms with Gasteiger partial charge in [-0.2, -0.15) is 0 Å². The van der Waals surface area contributed by atoms with E-state index in [4.69, 9.17) is 4.74 Å². The summed E-state index contributed by atoms with van der Waals surface area (Å²) in [6.45, 7) is 9.60. The largest absolute Gasteiger partial charge is 0.380 e. The van der Waals surface area contributed by atoms with Crippen LogP contribution in [0.5, 0.6) is 0 Å². The summed E-state index contributed by atoms with van der Waals surface area (Å²) >= 11 is 0. The minimum atomic E-state index is 0.201. The number of methoxy groups -OCH3 is 1. The number of nitrogens with zero attached hydrogens (tertiary/aromatic N) is 1. The highest BCUT2D eigenvalue weighted by atomic mass is 16.5. The molecule has 1 fully saturated rings. The van der Waals surface area contributed by atoms with E-state index in [0.717, 1.165) is 19.5 Å². The van der Waals surface area contributed by atoms with E-state index in [2.05, 4.69) is 55.3 Å². The Morgan fingerprint density at radius 2 is 2.16 bits per heavy atom. The topological polar surface area (TPSA) is 24.5 Å². The van der Waals surface area contributed by atoms with E-state index >= 15 is 0 Å². The monoisotopic (exact) mass is 262 g/mol. The molecule has 0 amide bonds. The second-order valence-electron chi connectivity index (χ2n) is 5.83. The minimum Gasteiger partial charge on any atom is -0.380 e. The predicted molar refractivity (Wildman–Crippen MR) is 80.7 cm³/mol. The maximum absolute atomic E-state index is 5.33. The summed E-state index contributed by atoms with van der Waals surface area (Å²) in [4.78, 5) is 2.52. The van der Waals surface area contributed by atoms with Gasteiger partial charge in [-0.3, -0.25) is 0 Å². The lowest BCUT2D eigenvalue weighted by Gasteiger charge is -2.46. The maximum atomic E-state index is 5.33. The summed E-state index contributed by atoms with van der Waals surface area (Å²) in [5, 5.41) is 3.67. The van der Waals surface area contributed by atoms with Crippen LogP contribution in [-0.4, -0.2) is 31.8 Å². The molecule has 3 nitrogen and oxygen atoms in total. The Balaban J connectivity index is 2.28. The van der Waals surface area contributed by atoms with Gasteiger partial charge in [0.25, 0.3) is 0 Å². The molecule has 0 aromatic heterocycles. The van der Waals surface area contributed by atoms with Crippen molar-refractivity contribution in [3.05, 3.63) is 29.8 Å². The fourth-order valence-corrected chi connectivity index (χ4v) is 2.72. The van der Waals surface area contributed by atoms with Crippen molar-refractivity contribution in [1.29, 1.82) is 0 Å². The lowest BCUT2D eigenvalue weighted by molar-refractivity contribution is 0.184. The van der Waals surface area contributed by atoms with Gasteiger partial charge in [0.05, 0.1) is 6.61 Å². The van der Waals surface area contributed by atoms with E-state index in [1.165, 1.54) is 11.3 Å². The van der Waals surface area contributed by atoms with Crippen LogP contribution in [-0.2, 0) is 11.3 Å². The highest BCUT2D eigenvalue weighted by Gasteiger charge is 2.33. The summed E-state index contributed by atoms with van der Waals surface area (Å²) in [5.41, 5.74) is 2.79. The molecule has 19 heavy (non-hydrogen) atoms. The van der Waals surface area contributed by atoms with Gasteiger partial charge >= 0.3 is 0 Å². The normalized spacial score (nSPS) is 27.6. The van der Waals surface area contributed by atoms with Crippen LogP contribution in [0.25, 0.3) is 0 Å². The van der Waals surface area contributed by atoms with Crippen LogP contribution in [0.1, 0.15) is 32.8 Å². The van der Waals surface area contributed by atoms with E-state index in [1.54, 1.807) is 7.11 Å². The zero-order valence-corrected chi connectivity index (χ0v) is 12.6. The number of rotatable bonds is 4. The zero-order valence-electron chi connectivity index (χ0n) is 12.6. The Bertz CT molecular complexity index is 421. The van der Waals surface area contributed by atoms with Crippen molar-refractivity contribution < 1.29 is 4.74 Å². The molecule has 2 atom stereocenters. The summed E-state index contributed by atoms with van der Waals surface area (Å²) < 4.78 is 5.33. The van der Waals surface area contributed by atoms with Crippen LogP contribution < -0.4 is 10.2 Å². The van der Waals surface area contributed by atoms with Gasteiger partial charge in [-0.25, -0.2) is 0 Å². The van der Waals surface area contributed by atoms with Gasteiger partial charge in [-0.05, 0) is 26.3 Å². The van der Waals surface area contributed by atoms with Gasteiger partial charge < -0.3 is 15.0 Å². The van der Waals surface area contributed by atoms with E-state index < -0.39 is 0 Å². The molecule has 106 valence electrons. The summed E-state index contributed by atoms with van der Waals surface area (Å²) in [6, 6.07) is 9.09. The third kappa shape index (κ3) is 3.10. The number of nitrogens with one attached hydrogen (secondary N) is 1. The molecular formula is C16H26N2O. The fourth-order valence-electron chi connectivity index (χ4n) is 2.72. The minimum absolute atomic E-state index is 0.201. The molecule has 1 aliphatic rings. The number of hydrogen-bond donors (Lipinski definition) is 1. The smallest absolute Gasteiger partial charge is 0.0733 e. The molecule has 1 aromatic rings. The Kier molecular flexibility index (Phi) is 4.48. The highest BCUT2D eigenvalue weighted by molar-refractivity contribution is 5.55. The van der Waals surface area contributed by atoms with Gasteiger partial charge in [0.15, 0.2) is 0 Å². The van der Waals surface area contributed by atoms with Gasteiger partial charge in [0.2, 0.25) is 0 Å². The van der Waals surface area contributed by atoms with Crippen LogP contribution in [0.2, 0.25) is 0 Å². The Labute approximate surface area is 116 Å². The van der Waals surface area contributed by atoms with Gasteiger partial charge in [0, 0.05) is 43.0 Å². The molecule has 2 rings (SSSR count). The van der Waals surface area contributed by atoms with Crippen molar-refractivity contribution in [2.45, 2.75) is 45.4 Å². The SMILES string of the molecule is CCC1(C)CN(c2ccccc2COC)C(C)CN1. The molecule has 1 aromatic carbocycles. The number of para-hydroxylation sites is 1. The second-order valence-corrected chi connectivity index (χ2v) is 5.83. The molecule has 0 spiro atoms. The zero-order chi connectivity index (χ0) is 13.9. The van der Waals surface area contributed by atoms with Crippen molar-refractivity contribution in [2.24, 2.45) is 0 Å². The first-order chi connectivity index (χ1) is 9.09. The van der Waals surface area contributed by atoms with Crippen molar-refractivity contribution in [3.8, 4) is 0 Å². The highest BCUT2D eigenvalue weighted by Crippen LogP contribution is 2.28. The van der Waals surface area contributed by atoms with Crippen LogP contribution in [0, 0.1) is 0 Å². The van der Waals surface area contributed by atoms with Crippen LogP contribution in [0.4, 0.5) is 5.69 Å². The Hall–Kier alpha value is -1.06. The number of piperazine rings is 1. The van der Waals surface area contributed by atoms with Gasteiger partial charge in [-0.15, -0.1) is 0 Å². The lowest BCUT2D eigenvalue weighted by Crippen LogP contribution is -2.62. The summed E-state index contributed by atoms with van der Waals surface area (Å²) in [6.07, 6.45) is 1.14. The first-order valence-corrected chi connectivity index (χ1v) is 7.18. The van der Waals surface area contributed by atoms with Crippen molar-refractivity contribution in [3.63, 3.8) is 0 Å². The quantitative estimate of drug-likeness (QED) is 0.903. The first-order valence-electron chi connectivity index (χ1n) is 7.18. The van der Waals surface area contributed by atoms with Gasteiger partial charge in [0.1, 0.15) is 0 Å². The van der Waals surface area contributed by atoms with Crippen LogP contribution in [0.15, 0.2) is 24.3 Å². The summed E-state index contributed by atoms with van der Waals surface area (Å²) in [7, 11) is 1.76. The molecule has 0 aliphatic carbocycles. The van der Waals surface area contributed by atoms with Crippen LogP contribution >= 0.6 is 0 Å². The van der Waals surface area contributed by atoms with Crippen molar-refractivity contribution in [2.75, 3.05) is 25.1 Å². The van der Waals surface area contributed by atoms with Gasteiger partial charge in [-0.1, -0.05) is 25.1 Å². The standard InChI is InChI=1S/C16H26N2O/c1-5-16(3)12-18(13(2)10-17-16)15-9-7-6-8-14(15)11-19-4/h6-9,13,17H,5,10-12H2,1-4H3. The van der Waals surface area contributed by atoms with Crippen LogP contribution in [0.3, 0.4) is 0 Å². The average Bonchev–Trinajstić information content (AvgIpc) is 2.43. The number of anilines is 1. The number of benzene rings is 1. The van der Waals surface area contributed by atoms with E-state index in [-0.39, 0.29) is 5.54 Å². The maximum Gasteiger partial charge on any atom is 0.0733 e. The molecular weight excluding hydrogens is 236 g/mol. The first kappa shape index (κ1) is 14.4. The van der Waals surface area contributed by atoms with E-state index in [0.29, 0.717) is 12.6 Å². The summed E-state index contributed by atoms with van der Waals surface area (Å²) in [5.74, 6) is 0. The molecule has 1 aliphatic heterocycles. The molecule has 1 heterocycles. The van der Waals surface area contributed by atoms with E-state index in [1.807, 2.05) is 0 Å². The van der Waals surface area contributed by atoms with E-state index in [9.17, 15) is 0 Å². The Morgan fingerprint density at radius 3 is 2.84 bits per heavy atom. The average molecular weight is 262 g/mol. The lowest BCUT2D eigenvalue weighted by atomic mass is 9.93. The third-order valence-corrected chi connectivity index (χ3v) is 4.26. The molecule has 2 unspecified atom stereocenters. The Morgan fingerprint density at radius 1 is 1.42 bits per heavy atom. The second kappa shape index (κ2) is 5.93. The van der Waals surface area contributed by atoms with Crippen molar-refractivity contribution in [1.82, 2.24) is 5.32 Å². The number of hydrogen-bond acceptors (Lipinski definition) is 3. The predicted octanol–water partition coefficient (Wildman–Crippen LogP) is 2.80. The third-order valence-electron chi connectivity index (χ3n) is 4.26.